The molecule has 2 nitrogen and oxygen atoms in total. The summed E-state index contributed by atoms with van der Waals surface area (Å²) in [5.41, 5.74) is 0. The third-order valence-electron chi connectivity index (χ3n) is 0.335. The monoisotopic (exact) mass is 100 g/mol. The van der Waals surface area contributed by atoms with Gasteiger partial charge in [-0.05, 0) is 8.37 Å². The molecule has 0 aromatic heterocycles. The van der Waals surface area contributed by atoms with Crippen molar-refractivity contribution in [2.75, 3.05) is 6.16 Å². The second kappa shape index (κ2) is 4.59. The summed E-state index contributed by atoms with van der Waals surface area (Å²) in [5, 5.41) is 14.4. The second-order valence-electron chi connectivity index (χ2n) is 0.790. The fourth-order valence-corrected chi connectivity index (χ4v) is 0.318. The molecule has 0 atom stereocenters. The Labute approximate surface area is 38.5 Å². The summed E-state index contributed by atoms with van der Waals surface area (Å²) in [6.07, 6.45) is 1.21. The van der Waals surface area contributed by atoms with Crippen LogP contribution in [-0.4, -0.2) is 6.16 Å². The van der Waals surface area contributed by atoms with Gasteiger partial charge in [-0.15, -0.1) is 0 Å². The Morgan fingerprint density at radius 1 is 1.83 bits per heavy atom. The van der Waals surface area contributed by atoms with Crippen molar-refractivity contribution in [3.05, 3.63) is 0 Å². The standard InChI is InChI=1S/C3H5N2P/c4-2-1-3-6-5/h5H,1,3H2. The number of rotatable bonds is 2. The van der Waals surface area contributed by atoms with Crippen LogP contribution < -0.4 is 0 Å². The molecule has 0 aromatic rings. The van der Waals surface area contributed by atoms with Gasteiger partial charge in [-0.3, -0.25) is 5.16 Å². The van der Waals surface area contributed by atoms with Crippen molar-refractivity contribution < 1.29 is 0 Å². The van der Waals surface area contributed by atoms with E-state index in [9.17, 15) is 0 Å². The van der Waals surface area contributed by atoms with E-state index in [0.29, 0.717) is 21.0 Å². The maximum absolute atomic E-state index is 7.86. The van der Waals surface area contributed by atoms with E-state index in [-0.39, 0.29) is 0 Å². The molecule has 0 rings (SSSR count). The van der Waals surface area contributed by atoms with Gasteiger partial charge in [0.2, 0.25) is 0 Å². The van der Waals surface area contributed by atoms with E-state index >= 15 is 0 Å². The van der Waals surface area contributed by atoms with Gasteiger partial charge in [0, 0.05) is 12.6 Å². The van der Waals surface area contributed by atoms with Gasteiger partial charge in [-0.1, -0.05) is 0 Å². The number of nitrogens with one attached hydrogen (secondary N) is 1. The van der Waals surface area contributed by atoms with Crippen LogP contribution in [0.2, 0.25) is 0 Å². The largest absolute Gasteiger partial charge is 0.284 e. The van der Waals surface area contributed by atoms with Crippen LogP contribution in [0.25, 0.3) is 0 Å². The number of hydrogen-bond acceptors (Lipinski definition) is 2. The molecule has 0 unspecified atom stereocenters. The smallest absolute Gasteiger partial charge is 0.0629 e. The molecule has 0 radical (unpaired) electrons. The molecular weight excluding hydrogens is 95.0 g/mol. The third kappa shape index (κ3) is 3.59. The maximum atomic E-state index is 7.86. The van der Waals surface area contributed by atoms with E-state index in [1.807, 2.05) is 6.07 Å². The molecule has 6 heavy (non-hydrogen) atoms. The average Bonchev–Trinajstić information content (AvgIpc) is 1.61. The first-order chi connectivity index (χ1) is 2.91. The molecule has 0 aliphatic heterocycles. The number of nitrogens with zero attached hydrogens (tertiary/aromatic N) is 1. The summed E-state index contributed by atoms with van der Waals surface area (Å²) in [6, 6.07) is 1.94. The van der Waals surface area contributed by atoms with Gasteiger partial charge in [0.1, 0.15) is 0 Å². The maximum Gasteiger partial charge on any atom is 0.0629 e. The highest BCUT2D eigenvalue weighted by atomic mass is 31.1. The van der Waals surface area contributed by atoms with Gasteiger partial charge in [0.15, 0.2) is 0 Å². The summed E-state index contributed by atoms with van der Waals surface area (Å²) in [4.78, 5) is 0. The van der Waals surface area contributed by atoms with Gasteiger partial charge in [0.25, 0.3) is 0 Å². The lowest BCUT2D eigenvalue weighted by atomic mass is 10.6. The number of nitriles is 1. The Bertz CT molecular complexity index is 73.4. The molecule has 0 aromatic carbocycles. The molecule has 0 saturated heterocycles. The van der Waals surface area contributed by atoms with Crippen LogP contribution in [-0.2, 0) is 0 Å². The minimum Gasteiger partial charge on any atom is -0.284 e. The van der Waals surface area contributed by atoms with Crippen molar-refractivity contribution in [2.24, 2.45) is 0 Å². The van der Waals surface area contributed by atoms with E-state index < -0.39 is 0 Å². The van der Waals surface area contributed by atoms with Crippen molar-refractivity contribution in [2.45, 2.75) is 6.42 Å². The molecular formula is C3H5N2P. The normalized spacial score (nSPS) is 7.83. The fraction of sp³-hybridized carbons (Fsp3) is 0.667. The lowest BCUT2D eigenvalue weighted by Crippen LogP contribution is -1.61. The Hall–Kier alpha value is -0.410. The van der Waals surface area contributed by atoms with Crippen molar-refractivity contribution in [3.63, 3.8) is 0 Å². The van der Waals surface area contributed by atoms with Crippen molar-refractivity contribution in [1.29, 1.82) is 10.4 Å². The number of hydrogen-bond donors (Lipinski definition) is 1. The van der Waals surface area contributed by atoms with E-state index in [2.05, 4.69) is 0 Å². The van der Waals surface area contributed by atoms with Crippen LogP contribution in [0, 0.1) is 16.5 Å². The van der Waals surface area contributed by atoms with Crippen LogP contribution >= 0.6 is 8.37 Å². The van der Waals surface area contributed by atoms with Crippen LogP contribution in [0.5, 0.6) is 0 Å². The minimum atomic E-state index is 0.519. The lowest BCUT2D eigenvalue weighted by Gasteiger charge is -1.68. The van der Waals surface area contributed by atoms with E-state index in [1.165, 1.54) is 0 Å². The van der Waals surface area contributed by atoms with Crippen molar-refractivity contribution >= 4 is 8.37 Å². The first-order valence-electron chi connectivity index (χ1n) is 1.62. The molecule has 32 valence electrons. The van der Waals surface area contributed by atoms with Crippen LogP contribution in [0.3, 0.4) is 0 Å². The van der Waals surface area contributed by atoms with E-state index in [4.69, 9.17) is 10.4 Å². The third-order valence-corrected chi connectivity index (χ3v) is 0.783. The molecule has 0 spiro atoms. The first kappa shape index (κ1) is 5.59. The van der Waals surface area contributed by atoms with E-state index in [1.54, 1.807) is 0 Å². The van der Waals surface area contributed by atoms with Gasteiger partial charge >= 0.3 is 0 Å². The van der Waals surface area contributed by atoms with Crippen molar-refractivity contribution in [1.82, 2.24) is 0 Å². The predicted molar refractivity (Wildman–Crippen MR) is 24.7 cm³/mol. The van der Waals surface area contributed by atoms with Crippen LogP contribution in [0.1, 0.15) is 6.42 Å². The second-order valence-corrected chi connectivity index (χ2v) is 1.55. The summed E-state index contributed by atoms with van der Waals surface area (Å²) in [5.74, 6) is 0. The molecule has 0 fully saturated rings. The topological polar surface area (TPSA) is 47.6 Å². The van der Waals surface area contributed by atoms with Gasteiger partial charge in [0.05, 0.1) is 6.07 Å². The summed E-state index contributed by atoms with van der Waals surface area (Å²) in [6.45, 7) is 0. The Morgan fingerprint density at radius 3 is 2.67 bits per heavy atom. The molecule has 1 N–H and O–H groups in total. The zero-order valence-corrected chi connectivity index (χ0v) is 4.20. The lowest BCUT2D eigenvalue weighted by molar-refractivity contribution is 1.23. The Morgan fingerprint density at radius 2 is 2.50 bits per heavy atom. The van der Waals surface area contributed by atoms with Gasteiger partial charge in [-0.2, -0.15) is 5.26 Å². The molecule has 0 aliphatic carbocycles. The SMILES string of the molecule is N#CCCP=N. The van der Waals surface area contributed by atoms with Crippen LogP contribution in [0.4, 0.5) is 0 Å². The molecule has 3 heteroatoms. The molecule has 0 amide bonds. The first-order valence-corrected chi connectivity index (χ1v) is 2.70. The Kier molecular flexibility index (Phi) is 4.28. The molecule has 0 heterocycles. The van der Waals surface area contributed by atoms with Crippen molar-refractivity contribution in [3.8, 4) is 6.07 Å². The predicted octanol–water partition coefficient (Wildman–Crippen LogP) is 1.61. The summed E-state index contributed by atoms with van der Waals surface area (Å²) in [7, 11) is 0.573. The molecule has 0 aliphatic rings. The highest BCUT2D eigenvalue weighted by Gasteiger charge is 1.71. The quantitative estimate of drug-likeness (QED) is 0.415. The summed E-state index contributed by atoms with van der Waals surface area (Å²) >= 11 is 0. The van der Waals surface area contributed by atoms with E-state index in [0.717, 1.165) is 0 Å². The highest BCUT2D eigenvalue weighted by Crippen LogP contribution is 1.92. The highest BCUT2D eigenvalue weighted by molar-refractivity contribution is 7.25. The van der Waals surface area contributed by atoms with Gasteiger partial charge < -0.3 is 0 Å². The summed E-state index contributed by atoms with van der Waals surface area (Å²) < 4.78 is 0. The average molecular weight is 100 g/mol. The zero-order valence-electron chi connectivity index (χ0n) is 3.31. The fourth-order valence-electron chi connectivity index (χ4n) is 0.106. The zero-order chi connectivity index (χ0) is 4.83. The van der Waals surface area contributed by atoms with Gasteiger partial charge in [-0.25, -0.2) is 0 Å². The minimum absolute atomic E-state index is 0.519. The Balaban J connectivity index is 2.72. The van der Waals surface area contributed by atoms with Crippen LogP contribution in [0.15, 0.2) is 0 Å². The molecule has 0 bridgehead atoms. The molecule has 0 saturated carbocycles.